The van der Waals surface area contributed by atoms with Gasteiger partial charge in [-0.25, -0.2) is 9.97 Å². The van der Waals surface area contributed by atoms with Gasteiger partial charge in [-0.3, -0.25) is 4.99 Å². The summed E-state index contributed by atoms with van der Waals surface area (Å²) in [7, 11) is 7.17. The van der Waals surface area contributed by atoms with Gasteiger partial charge in [-0.1, -0.05) is 11.6 Å². The molecule has 0 radical (unpaired) electrons. The maximum atomic E-state index is 6.63. The summed E-state index contributed by atoms with van der Waals surface area (Å²) in [6.45, 7) is 4.04. The lowest BCUT2D eigenvalue weighted by Gasteiger charge is -2.34. The third-order valence-electron chi connectivity index (χ3n) is 7.28. The van der Waals surface area contributed by atoms with E-state index in [0.29, 0.717) is 34.6 Å². The van der Waals surface area contributed by atoms with E-state index in [-0.39, 0.29) is 0 Å². The fourth-order valence-corrected chi connectivity index (χ4v) is 5.28. The largest absolute Gasteiger partial charge is 0.497 e. The molecule has 0 saturated carbocycles. The first-order valence-electron chi connectivity index (χ1n) is 13.0. The Labute approximate surface area is 234 Å². The predicted molar refractivity (Wildman–Crippen MR) is 158 cm³/mol. The minimum Gasteiger partial charge on any atom is -0.497 e. The molecule has 0 spiro atoms. The first kappa shape index (κ1) is 26.8. The Hall–Kier alpha value is -3.82. The number of nitrogens with zero attached hydrogens (tertiary/aromatic N) is 5. The molecule has 1 aliphatic carbocycles. The summed E-state index contributed by atoms with van der Waals surface area (Å²) in [5, 5.41) is 3.88. The van der Waals surface area contributed by atoms with Gasteiger partial charge in [-0.2, -0.15) is 0 Å². The molecule has 1 fully saturated rings. The number of nitrogens with one attached hydrogen (secondary N) is 1. The van der Waals surface area contributed by atoms with E-state index in [1.807, 2.05) is 24.4 Å². The third-order valence-corrected chi connectivity index (χ3v) is 7.59. The van der Waals surface area contributed by atoms with Crippen LogP contribution in [-0.2, 0) is 6.42 Å². The zero-order chi connectivity index (χ0) is 27.5. The highest BCUT2D eigenvalue weighted by molar-refractivity contribution is 6.40. The van der Waals surface area contributed by atoms with Gasteiger partial charge < -0.3 is 30.3 Å². The quantitative estimate of drug-likeness (QED) is 0.420. The highest BCUT2D eigenvalue weighted by Crippen LogP contribution is 2.36. The zero-order valence-electron chi connectivity index (χ0n) is 22.8. The minimum absolute atomic E-state index is 0.447. The lowest BCUT2D eigenvalue weighted by molar-refractivity contribution is 0.312. The number of benzene rings is 2. The number of methoxy groups -OCH3 is 2. The van der Waals surface area contributed by atoms with E-state index in [9.17, 15) is 0 Å². The predicted octanol–water partition coefficient (Wildman–Crippen LogP) is 4.38. The van der Waals surface area contributed by atoms with E-state index in [2.05, 4.69) is 44.3 Å². The number of aryl methyl sites for hydroxylation is 1. The van der Waals surface area contributed by atoms with Crippen molar-refractivity contribution in [1.82, 2.24) is 14.9 Å². The fourth-order valence-electron chi connectivity index (χ4n) is 5.02. The van der Waals surface area contributed by atoms with Crippen molar-refractivity contribution < 1.29 is 9.47 Å². The molecule has 5 rings (SSSR count). The number of ether oxygens (including phenoxy) is 2. The van der Waals surface area contributed by atoms with Crippen molar-refractivity contribution in [2.75, 3.05) is 64.7 Å². The Bertz CT molecular complexity index is 1430. The normalized spacial score (nSPS) is 16.2. The van der Waals surface area contributed by atoms with Gasteiger partial charge in [0.2, 0.25) is 5.95 Å². The van der Waals surface area contributed by atoms with Crippen molar-refractivity contribution in [2.24, 2.45) is 10.7 Å². The Morgan fingerprint density at radius 1 is 1.05 bits per heavy atom. The summed E-state index contributed by atoms with van der Waals surface area (Å²) < 4.78 is 11.1. The maximum Gasteiger partial charge on any atom is 0.227 e. The van der Waals surface area contributed by atoms with Crippen LogP contribution in [0.5, 0.6) is 11.5 Å². The molecule has 3 N–H and O–H groups in total. The molecule has 0 bridgehead atoms. The molecule has 39 heavy (non-hydrogen) atoms. The second-order valence-electron chi connectivity index (χ2n) is 9.69. The number of anilines is 3. The van der Waals surface area contributed by atoms with Gasteiger partial charge in [0.1, 0.15) is 11.5 Å². The number of aromatic nitrogens is 2. The average molecular weight is 548 g/mol. The number of piperazine rings is 1. The summed E-state index contributed by atoms with van der Waals surface area (Å²) in [6, 6.07) is 11.7. The van der Waals surface area contributed by atoms with Crippen LogP contribution >= 0.6 is 11.6 Å². The van der Waals surface area contributed by atoms with Crippen LogP contribution in [0.15, 0.2) is 53.3 Å². The average Bonchev–Trinajstić information content (AvgIpc) is 2.95. The van der Waals surface area contributed by atoms with Crippen LogP contribution in [0, 0.1) is 0 Å². The van der Waals surface area contributed by atoms with E-state index >= 15 is 0 Å². The maximum absolute atomic E-state index is 6.63. The van der Waals surface area contributed by atoms with Gasteiger partial charge in [0.25, 0.3) is 0 Å². The minimum atomic E-state index is 0.447. The molecular formula is C29H34ClN7O2. The van der Waals surface area contributed by atoms with Crippen LogP contribution in [0.2, 0.25) is 5.02 Å². The number of allylic oxidation sites excluding steroid dienone is 2. The number of fused-ring (bicyclic) bond motifs is 1. The number of halogens is 1. The monoisotopic (exact) mass is 547 g/mol. The Morgan fingerprint density at radius 3 is 2.54 bits per heavy atom. The number of aliphatic imine (C=N–C) groups is 1. The fraction of sp³-hybridized carbons (Fsp3) is 0.345. The van der Waals surface area contributed by atoms with E-state index in [1.54, 1.807) is 27.3 Å². The second kappa shape index (κ2) is 11.5. The van der Waals surface area contributed by atoms with Gasteiger partial charge in [-0.15, -0.1) is 0 Å². The smallest absolute Gasteiger partial charge is 0.227 e. The van der Waals surface area contributed by atoms with Crippen LogP contribution in [0.1, 0.15) is 23.2 Å². The summed E-state index contributed by atoms with van der Waals surface area (Å²) in [6.07, 6.45) is 3.29. The highest BCUT2D eigenvalue weighted by Gasteiger charge is 2.26. The van der Waals surface area contributed by atoms with E-state index in [1.165, 1.54) is 0 Å². The molecule has 2 aromatic carbocycles. The summed E-state index contributed by atoms with van der Waals surface area (Å²) in [5.41, 5.74) is 13.2. The van der Waals surface area contributed by atoms with Gasteiger partial charge in [0.05, 0.1) is 36.3 Å². The third kappa shape index (κ3) is 5.51. The van der Waals surface area contributed by atoms with E-state index in [4.69, 9.17) is 31.8 Å². The molecule has 1 saturated heterocycles. The van der Waals surface area contributed by atoms with E-state index in [0.717, 1.165) is 72.1 Å². The van der Waals surface area contributed by atoms with Crippen molar-refractivity contribution in [3.05, 3.63) is 70.1 Å². The van der Waals surface area contributed by atoms with Crippen molar-refractivity contribution in [1.29, 1.82) is 0 Å². The van der Waals surface area contributed by atoms with Crippen molar-refractivity contribution in [3.63, 3.8) is 0 Å². The standard InChI is InChI=1S/C29H34ClN7O2/c1-32-28(21-8-7-20(38-3)16-22(21)30)26-23(31)9-5-18-17-33-29(35-27(18)26)34-24-10-6-19(15-25(24)39-4)37-13-11-36(2)12-14-37/h6-8,10,15-17H,5,9,11-14,31H2,1-4H3,(H,33,34,35). The lowest BCUT2D eigenvalue weighted by Crippen LogP contribution is -2.44. The molecule has 9 nitrogen and oxygen atoms in total. The van der Waals surface area contributed by atoms with Crippen LogP contribution in [0.4, 0.5) is 17.3 Å². The Morgan fingerprint density at radius 2 is 1.85 bits per heavy atom. The number of rotatable bonds is 7. The molecule has 3 aromatic rings. The number of nitrogens with two attached hydrogens (primary N) is 1. The molecule has 0 unspecified atom stereocenters. The molecule has 2 heterocycles. The molecular weight excluding hydrogens is 514 g/mol. The van der Waals surface area contributed by atoms with Crippen molar-refractivity contribution in [3.8, 4) is 11.5 Å². The molecule has 2 aliphatic rings. The number of likely N-dealkylation sites (N-methyl/N-ethyl adjacent to an activating group) is 1. The second-order valence-corrected chi connectivity index (χ2v) is 10.1. The first-order valence-corrected chi connectivity index (χ1v) is 13.3. The summed E-state index contributed by atoms with van der Waals surface area (Å²) >= 11 is 6.63. The van der Waals surface area contributed by atoms with Crippen LogP contribution in [0.3, 0.4) is 0 Å². The molecule has 1 aliphatic heterocycles. The summed E-state index contributed by atoms with van der Waals surface area (Å²) in [4.78, 5) is 18.8. The SMILES string of the molecule is CN=C(C1=C(N)CCc2cnc(Nc3ccc(N4CCN(C)CC4)cc3OC)nc21)c1ccc(OC)cc1Cl. The molecule has 204 valence electrons. The molecule has 0 atom stereocenters. The van der Waals surface area contributed by atoms with Crippen molar-refractivity contribution in [2.45, 2.75) is 12.8 Å². The summed E-state index contributed by atoms with van der Waals surface area (Å²) in [5.74, 6) is 1.85. The lowest BCUT2D eigenvalue weighted by atomic mass is 9.88. The van der Waals surface area contributed by atoms with E-state index < -0.39 is 0 Å². The first-order chi connectivity index (χ1) is 18.9. The van der Waals surface area contributed by atoms with Gasteiger partial charge in [-0.05, 0) is 55.8 Å². The number of hydrogen-bond acceptors (Lipinski definition) is 9. The van der Waals surface area contributed by atoms with Gasteiger partial charge in [0.15, 0.2) is 0 Å². The van der Waals surface area contributed by atoms with Crippen molar-refractivity contribution >= 4 is 40.2 Å². The van der Waals surface area contributed by atoms with Crippen LogP contribution in [0.25, 0.3) is 5.57 Å². The zero-order valence-corrected chi connectivity index (χ0v) is 23.5. The highest BCUT2D eigenvalue weighted by atomic mass is 35.5. The topological polar surface area (TPSA) is 101 Å². The molecule has 10 heteroatoms. The molecule has 0 amide bonds. The van der Waals surface area contributed by atoms with Crippen LogP contribution in [-0.4, -0.2) is 75.1 Å². The Balaban J connectivity index is 1.46. The number of hydrogen-bond donors (Lipinski definition) is 2. The van der Waals surface area contributed by atoms with Gasteiger partial charge in [0, 0.05) is 68.0 Å². The molecule has 1 aromatic heterocycles. The Kier molecular flexibility index (Phi) is 7.90. The van der Waals surface area contributed by atoms with Gasteiger partial charge >= 0.3 is 0 Å². The van der Waals surface area contributed by atoms with Crippen LogP contribution < -0.4 is 25.4 Å².